The fraction of sp³-hybridized carbons (Fsp3) is 0.583. The van der Waals surface area contributed by atoms with Crippen molar-refractivity contribution in [3.63, 3.8) is 0 Å². The number of nitrogens with zero attached hydrogens (tertiary/aromatic N) is 4. The Bertz CT molecular complexity index is 629. The van der Waals surface area contributed by atoms with Crippen LogP contribution in [0.5, 0.6) is 0 Å². The molecule has 2 heterocycles. The number of carbonyl (C=O) groups excluding carboxylic acids is 1. The molecule has 0 spiro atoms. The van der Waals surface area contributed by atoms with E-state index in [-0.39, 0.29) is 18.0 Å². The Labute approximate surface area is 132 Å². The van der Waals surface area contributed by atoms with Gasteiger partial charge in [-0.05, 0) is 29.8 Å². The van der Waals surface area contributed by atoms with Crippen molar-refractivity contribution >= 4 is 28.1 Å². The van der Waals surface area contributed by atoms with Crippen LogP contribution >= 0.6 is 15.9 Å². The number of alkyl halides is 3. The van der Waals surface area contributed by atoms with E-state index in [1.165, 1.54) is 4.68 Å². The van der Waals surface area contributed by atoms with Crippen LogP contribution in [0.4, 0.5) is 13.2 Å². The number of aromatic nitrogens is 2. The number of hydrogen-bond acceptors (Lipinski definition) is 4. The topological polar surface area (TPSA) is 70.7 Å². The van der Waals surface area contributed by atoms with Crippen molar-refractivity contribution in [1.29, 1.82) is 0 Å². The lowest BCUT2D eigenvalue weighted by atomic mass is 10.1. The minimum atomic E-state index is -4.97. The molecule has 0 bridgehead atoms. The van der Waals surface area contributed by atoms with Crippen LogP contribution in [-0.4, -0.2) is 43.9 Å². The molecule has 0 aliphatic carbocycles. The molecule has 1 amide bonds. The van der Waals surface area contributed by atoms with E-state index in [9.17, 15) is 23.1 Å². The van der Waals surface area contributed by atoms with Crippen molar-refractivity contribution in [2.75, 3.05) is 0 Å². The van der Waals surface area contributed by atoms with E-state index in [1.807, 2.05) is 0 Å². The maximum absolute atomic E-state index is 12.9. The standard InChI is InChI=1S/C12H14BrF3N4O2/c1-7-10(13)8(2)19(18-7)6-3-9(21)20-11(22,4-5-17-20)12(14,15)16/h5,22H,3-4,6H2,1-2H3/t11-/m1/s1. The average Bonchev–Trinajstić information content (AvgIpc) is 2.93. The third kappa shape index (κ3) is 2.76. The molecule has 0 unspecified atom stereocenters. The van der Waals surface area contributed by atoms with Crippen LogP contribution in [0.3, 0.4) is 0 Å². The lowest BCUT2D eigenvalue weighted by Gasteiger charge is -2.32. The number of hydrogen-bond donors (Lipinski definition) is 1. The number of halogens is 4. The van der Waals surface area contributed by atoms with Crippen molar-refractivity contribution in [1.82, 2.24) is 14.8 Å². The Hall–Kier alpha value is -1.42. The number of aliphatic hydroxyl groups is 1. The second kappa shape index (κ2) is 5.65. The first-order valence-electron chi connectivity index (χ1n) is 6.42. The van der Waals surface area contributed by atoms with Crippen LogP contribution < -0.4 is 0 Å². The van der Waals surface area contributed by atoms with Gasteiger partial charge < -0.3 is 5.11 Å². The highest BCUT2D eigenvalue weighted by atomic mass is 79.9. The molecule has 0 aromatic carbocycles. The first kappa shape index (κ1) is 16.9. The van der Waals surface area contributed by atoms with Gasteiger partial charge in [0.1, 0.15) is 0 Å². The predicted molar refractivity (Wildman–Crippen MR) is 75.0 cm³/mol. The molecule has 1 N–H and O–H groups in total. The summed E-state index contributed by atoms with van der Waals surface area (Å²) < 4.78 is 41.0. The maximum atomic E-state index is 12.9. The molecule has 0 fully saturated rings. The van der Waals surface area contributed by atoms with Gasteiger partial charge in [-0.15, -0.1) is 0 Å². The van der Waals surface area contributed by atoms with Gasteiger partial charge in [-0.2, -0.15) is 28.4 Å². The minimum Gasteiger partial charge on any atom is -0.362 e. The molecule has 22 heavy (non-hydrogen) atoms. The number of amides is 1. The number of aryl methyl sites for hydroxylation is 2. The van der Waals surface area contributed by atoms with Gasteiger partial charge in [0.05, 0.1) is 16.7 Å². The monoisotopic (exact) mass is 382 g/mol. The van der Waals surface area contributed by atoms with Gasteiger partial charge in [-0.1, -0.05) is 0 Å². The fourth-order valence-corrected chi connectivity index (χ4v) is 2.42. The summed E-state index contributed by atoms with van der Waals surface area (Å²) >= 11 is 3.33. The summed E-state index contributed by atoms with van der Waals surface area (Å²) in [6.45, 7) is 3.63. The van der Waals surface area contributed by atoms with Crippen LogP contribution in [0.2, 0.25) is 0 Å². The largest absolute Gasteiger partial charge is 0.438 e. The molecule has 1 aromatic heterocycles. The van der Waals surface area contributed by atoms with Crippen LogP contribution in [0.1, 0.15) is 24.2 Å². The van der Waals surface area contributed by atoms with Crippen molar-refractivity contribution < 1.29 is 23.1 Å². The third-order valence-corrected chi connectivity index (χ3v) is 4.59. The van der Waals surface area contributed by atoms with Crippen LogP contribution in [0.15, 0.2) is 9.57 Å². The predicted octanol–water partition coefficient (Wildman–Crippen LogP) is 2.12. The van der Waals surface area contributed by atoms with E-state index in [0.717, 1.165) is 22.1 Å². The molecular weight excluding hydrogens is 369 g/mol. The Morgan fingerprint density at radius 2 is 2.14 bits per heavy atom. The van der Waals surface area contributed by atoms with Gasteiger partial charge in [0, 0.05) is 24.8 Å². The molecular formula is C12H14BrF3N4O2. The normalized spacial score (nSPS) is 21.7. The highest BCUT2D eigenvalue weighted by Crippen LogP contribution is 2.38. The first-order valence-corrected chi connectivity index (χ1v) is 7.21. The second-order valence-electron chi connectivity index (χ2n) is 4.98. The first-order chi connectivity index (χ1) is 10.1. The van der Waals surface area contributed by atoms with Gasteiger partial charge in [0.2, 0.25) is 5.91 Å². The summed E-state index contributed by atoms with van der Waals surface area (Å²) in [7, 11) is 0. The van der Waals surface area contributed by atoms with Crippen molar-refractivity contribution in [2.45, 2.75) is 45.1 Å². The molecule has 0 saturated heterocycles. The van der Waals surface area contributed by atoms with Gasteiger partial charge in [-0.3, -0.25) is 9.48 Å². The van der Waals surface area contributed by atoms with Gasteiger partial charge in [0.15, 0.2) is 0 Å². The summed E-state index contributed by atoms with van der Waals surface area (Å²) in [5.74, 6) is -0.919. The Kier molecular flexibility index (Phi) is 4.35. The highest BCUT2D eigenvalue weighted by Gasteiger charge is 2.61. The zero-order valence-corrected chi connectivity index (χ0v) is 13.4. The van der Waals surface area contributed by atoms with E-state index in [2.05, 4.69) is 26.1 Å². The molecule has 0 radical (unpaired) electrons. The molecule has 1 atom stereocenters. The maximum Gasteiger partial charge on any atom is 0.438 e. The summed E-state index contributed by atoms with van der Waals surface area (Å²) in [5, 5.41) is 17.3. The van der Waals surface area contributed by atoms with Crippen LogP contribution in [-0.2, 0) is 11.3 Å². The summed E-state index contributed by atoms with van der Waals surface area (Å²) in [4.78, 5) is 12.0. The average molecular weight is 383 g/mol. The quantitative estimate of drug-likeness (QED) is 0.870. The summed E-state index contributed by atoms with van der Waals surface area (Å²) in [5.41, 5.74) is -1.78. The number of hydrazone groups is 1. The molecule has 1 aliphatic rings. The third-order valence-electron chi connectivity index (χ3n) is 3.44. The second-order valence-corrected chi connectivity index (χ2v) is 5.77. The fourth-order valence-electron chi connectivity index (χ4n) is 2.14. The zero-order chi connectivity index (χ0) is 16.7. The molecule has 0 saturated carbocycles. The summed E-state index contributed by atoms with van der Waals surface area (Å²) in [6.07, 6.45) is -5.12. The van der Waals surface area contributed by atoms with E-state index >= 15 is 0 Å². The minimum absolute atomic E-state index is 0.0943. The molecule has 122 valence electrons. The lowest BCUT2D eigenvalue weighted by Crippen LogP contribution is -2.56. The Morgan fingerprint density at radius 3 is 2.64 bits per heavy atom. The number of carbonyl (C=O) groups is 1. The van der Waals surface area contributed by atoms with Gasteiger partial charge in [-0.25, -0.2) is 0 Å². The molecule has 2 rings (SSSR count). The molecule has 1 aromatic rings. The van der Waals surface area contributed by atoms with Crippen LogP contribution in [0, 0.1) is 13.8 Å². The SMILES string of the molecule is Cc1nn(CCC(=O)N2N=CC[C@@]2(O)C(F)(F)F)c(C)c1Br. The molecule has 1 aliphatic heterocycles. The Balaban J connectivity index is 2.09. The van der Waals surface area contributed by atoms with E-state index in [0.29, 0.717) is 0 Å². The summed E-state index contributed by atoms with van der Waals surface area (Å²) in [6, 6.07) is 0. The van der Waals surface area contributed by atoms with Crippen molar-refractivity contribution in [3.8, 4) is 0 Å². The smallest absolute Gasteiger partial charge is 0.362 e. The van der Waals surface area contributed by atoms with E-state index in [4.69, 9.17) is 0 Å². The van der Waals surface area contributed by atoms with Crippen molar-refractivity contribution in [2.24, 2.45) is 5.10 Å². The lowest BCUT2D eigenvalue weighted by molar-refractivity contribution is -0.302. The van der Waals surface area contributed by atoms with Gasteiger partial charge in [0.25, 0.3) is 5.72 Å². The van der Waals surface area contributed by atoms with E-state index < -0.39 is 24.2 Å². The Morgan fingerprint density at radius 1 is 1.50 bits per heavy atom. The van der Waals surface area contributed by atoms with Crippen molar-refractivity contribution in [3.05, 3.63) is 15.9 Å². The molecule has 6 nitrogen and oxygen atoms in total. The number of rotatable bonds is 3. The van der Waals surface area contributed by atoms with E-state index in [1.54, 1.807) is 13.8 Å². The molecule has 10 heteroatoms. The van der Waals surface area contributed by atoms with Gasteiger partial charge >= 0.3 is 6.18 Å². The van der Waals surface area contributed by atoms with Crippen LogP contribution in [0.25, 0.3) is 0 Å². The highest BCUT2D eigenvalue weighted by molar-refractivity contribution is 9.10. The zero-order valence-electron chi connectivity index (χ0n) is 11.9.